The molecule has 104 valence electrons. The number of methoxy groups -OCH3 is 1. The Morgan fingerprint density at radius 3 is 2.79 bits per heavy atom. The van der Waals surface area contributed by atoms with E-state index in [1.165, 1.54) is 7.11 Å². The molecule has 2 N–H and O–H groups in total. The van der Waals surface area contributed by atoms with Crippen molar-refractivity contribution in [3.8, 4) is 6.07 Å². The number of hydrogen-bond acceptors (Lipinski definition) is 5. The highest BCUT2D eigenvalue weighted by Crippen LogP contribution is 2.10. The molecule has 0 unspecified atom stereocenters. The highest BCUT2D eigenvalue weighted by atomic mass is 16.5. The van der Waals surface area contributed by atoms with Crippen molar-refractivity contribution in [3.63, 3.8) is 0 Å². The quantitative estimate of drug-likeness (QED) is 0.651. The normalized spacial score (nSPS) is 20.9. The lowest BCUT2D eigenvalue weighted by atomic mass is 10.0. The number of hydrogen-bond donors (Lipinski definition) is 2. The predicted octanol–water partition coefficient (Wildman–Crippen LogP) is -0.527. The van der Waals surface area contributed by atoms with Crippen LogP contribution in [0.3, 0.4) is 0 Å². The van der Waals surface area contributed by atoms with Crippen LogP contribution in [0.15, 0.2) is 0 Å². The average molecular weight is 267 g/mol. The van der Waals surface area contributed by atoms with Crippen molar-refractivity contribution in [1.29, 1.82) is 5.26 Å². The Kier molecular flexibility index (Phi) is 5.30. The summed E-state index contributed by atoms with van der Waals surface area (Å²) in [5.41, 5.74) is 0. The Labute approximate surface area is 111 Å². The zero-order valence-electron chi connectivity index (χ0n) is 10.9. The van der Waals surface area contributed by atoms with E-state index in [1.807, 2.05) is 6.07 Å². The van der Waals surface area contributed by atoms with E-state index in [9.17, 15) is 14.4 Å². The van der Waals surface area contributed by atoms with Crippen LogP contribution in [0.5, 0.6) is 0 Å². The van der Waals surface area contributed by atoms with Gasteiger partial charge in [0.2, 0.25) is 11.8 Å². The average Bonchev–Trinajstić information content (AvgIpc) is 2.83. The lowest BCUT2D eigenvalue weighted by molar-refractivity contribution is -0.145. The van der Waals surface area contributed by atoms with Crippen LogP contribution in [0.1, 0.15) is 26.2 Å². The molecule has 0 saturated carbocycles. The van der Waals surface area contributed by atoms with Gasteiger partial charge in [0, 0.05) is 12.3 Å². The van der Waals surface area contributed by atoms with Crippen molar-refractivity contribution in [2.45, 2.75) is 38.3 Å². The first-order valence-corrected chi connectivity index (χ1v) is 6.05. The van der Waals surface area contributed by atoms with Gasteiger partial charge in [0.15, 0.2) is 0 Å². The second-order valence-corrected chi connectivity index (χ2v) is 4.51. The minimum absolute atomic E-state index is 0.176. The van der Waals surface area contributed by atoms with Gasteiger partial charge in [-0.1, -0.05) is 0 Å². The number of carbonyl (C=O) groups is 3. The summed E-state index contributed by atoms with van der Waals surface area (Å²) in [4.78, 5) is 34.5. The summed E-state index contributed by atoms with van der Waals surface area (Å²) < 4.78 is 4.59. The summed E-state index contributed by atoms with van der Waals surface area (Å²) in [7, 11) is 1.22. The topological polar surface area (TPSA) is 108 Å². The van der Waals surface area contributed by atoms with Gasteiger partial charge in [0.1, 0.15) is 12.1 Å². The summed E-state index contributed by atoms with van der Waals surface area (Å²) in [6.07, 6.45) is 0.886. The second kappa shape index (κ2) is 6.73. The molecule has 0 aromatic rings. The monoisotopic (exact) mass is 267 g/mol. The van der Waals surface area contributed by atoms with E-state index >= 15 is 0 Å². The van der Waals surface area contributed by atoms with Gasteiger partial charge in [-0.15, -0.1) is 0 Å². The minimum atomic E-state index is -0.871. The van der Waals surface area contributed by atoms with E-state index in [1.54, 1.807) is 6.92 Å². The zero-order valence-corrected chi connectivity index (χ0v) is 10.9. The molecule has 0 aromatic heterocycles. The highest BCUT2D eigenvalue weighted by molar-refractivity contribution is 5.93. The first-order chi connectivity index (χ1) is 8.97. The number of carbonyl (C=O) groups excluding carboxylic acids is 3. The molecule has 0 radical (unpaired) electrons. The third-order valence-electron chi connectivity index (χ3n) is 2.92. The zero-order chi connectivity index (χ0) is 14.4. The summed E-state index contributed by atoms with van der Waals surface area (Å²) in [6.45, 7) is 1.65. The molecule has 0 aliphatic carbocycles. The van der Waals surface area contributed by atoms with Gasteiger partial charge >= 0.3 is 5.97 Å². The van der Waals surface area contributed by atoms with Crippen molar-refractivity contribution in [2.75, 3.05) is 7.11 Å². The van der Waals surface area contributed by atoms with Crippen LogP contribution >= 0.6 is 0 Å². The maximum absolute atomic E-state index is 11.9. The van der Waals surface area contributed by atoms with Gasteiger partial charge in [-0.05, 0) is 19.8 Å². The van der Waals surface area contributed by atoms with E-state index < -0.39 is 24.0 Å². The maximum Gasteiger partial charge on any atom is 0.328 e. The van der Waals surface area contributed by atoms with E-state index in [2.05, 4.69) is 15.4 Å². The lowest BCUT2D eigenvalue weighted by Gasteiger charge is -2.19. The van der Waals surface area contributed by atoms with Crippen molar-refractivity contribution >= 4 is 17.8 Å². The number of ether oxygens (including phenoxy) is 1. The fourth-order valence-corrected chi connectivity index (χ4v) is 1.85. The molecule has 1 fully saturated rings. The van der Waals surface area contributed by atoms with E-state index in [0.29, 0.717) is 12.8 Å². The van der Waals surface area contributed by atoms with E-state index in [-0.39, 0.29) is 18.2 Å². The highest BCUT2D eigenvalue weighted by Gasteiger charge is 2.31. The molecule has 1 saturated heterocycles. The minimum Gasteiger partial charge on any atom is -0.467 e. The molecule has 1 aliphatic rings. The summed E-state index contributed by atoms with van der Waals surface area (Å²) >= 11 is 0. The Hall–Kier alpha value is -2.10. The number of esters is 1. The molecule has 3 atom stereocenters. The number of nitrogens with one attached hydrogen (secondary N) is 2. The van der Waals surface area contributed by atoms with Gasteiger partial charge in [0.25, 0.3) is 0 Å². The van der Waals surface area contributed by atoms with Crippen molar-refractivity contribution < 1.29 is 19.1 Å². The van der Waals surface area contributed by atoms with E-state index in [4.69, 9.17) is 5.26 Å². The van der Waals surface area contributed by atoms with Crippen LogP contribution in [0.2, 0.25) is 0 Å². The Balaban J connectivity index is 2.61. The molecular weight excluding hydrogens is 250 g/mol. The fraction of sp³-hybridized carbons (Fsp3) is 0.667. The third-order valence-corrected chi connectivity index (χ3v) is 2.92. The van der Waals surface area contributed by atoms with Crippen LogP contribution in [0.4, 0.5) is 0 Å². The van der Waals surface area contributed by atoms with Crippen molar-refractivity contribution in [3.05, 3.63) is 0 Å². The predicted molar refractivity (Wildman–Crippen MR) is 64.5 cm³/mol. The molecular formula is C12H17N3O4. The lowest BCUT2D eigenvalue weighted by Crippen LogP contribution is -2.49. The Morgan fingerprint density at radius 1 is 1.63 bits per heavy atom. The number of nitrogens with zero attached hydrogens (tertiary/aromatic N) is 1. The van der Waals surface area contributed by atoms with Crippen LogP contribution in [-0.4, -0.2) is 37.0 Å². The van der Waals surface area contributed by atoms with Gasteiger partial charge < -0.3 is 15.4 Å². The largest absolute Gasteiger partial charge is 0.467 e. The second-order valence-electron chi connectivity index (χ2n) is 4.51. The smallest absolute Gasteiger partial charge is 0.328 e. The molecule has 0 spiro atoms. The Morgan fingerprint density at radius 2 is 2.32 bits per heavy atom. The Bertz CT molecular complexity index is 416. The molecule has 2 amide bonds. The van der Waals surface area contributed by atoms with Gasteiger partial charge in [-0.2, -0.15) is 5.26 Å². The SMILES string of the molecule is COC(=O)[C@H](C[C@@H](C)C#N)NC(=O)[C@@H]1CCC(=O)N1. The first kappa shape index (κ1) is 15.0. The van der Waals surface area contributed by atoms with Crippen LogP contribution in [-0.2, 0) is 19.1 Å². The molecule has 1 rings (SSSR count). The van der Waals surface area contributed by atoms with Gasteiger partial charge in [0.05, 0.1) is 13.2 Å². The first-order valence-electron chi connectivity index (χ1n) is 6.05. The number of amides is 2. The maximum atomic E-state index is 11.9. The van der Waals surface area contributed by atoms with Gasteiger partial charge in [-0.3, -0.25) is 9.59 Å². The standard InChI is InChI=1S/C12H17N3O4/c1-7(6-13)5-9(12(18)19-2)15-11(17)8-3-4-10(16)14-8/h7-9H,3-5H2,1-2H3,(H,14,16)(H,15,17)/t7-,8+,9+/m1/s1. The molecule has 7 heteroatoms. The fourth-order valence-electron chi connectivity index (χ4n) is 1.85. The summed E-state index contributed by atoms with van der Waals surface area (Å²) in [5, 5.41) is 13.8. The van der Waals surface area contributed by atoms with E-state index in [0.717, 1.165) is 0 Å². The third kappa shape index (κ3) is 4.25. The van der Waals surface area contributed by atoms with Crippen LogP contribution in [0.25, 0.3) is 0 Å². The van der Waals surface area contributed by atoms with Crippen LogP contribution in [0, 0.1) is 17.2 Å². The van der Waals surface area contributed by atoms with Crippen molar-refractivity contribution in [1.82, 2.24) is 10.6 Å². The summed E-state index contributed by atoms with van der Waals surface area (Å²) in [6, 6.07) is 0.511. The van der Waals surface area contributed by atoms with Gasteiger partial charge in [-0.25, -0.2) is 4.79 Å². The van der Waals surface area contributed by atoms with Crippen LogP contribution < -0.4 is 10.6 Å². The molecule has 1 aliphatic heterocycles. The number of rotatable bonds is 5. The molecule has 19 heavy (non-hydrogen) atoms. The summed E-state index contributed by atoms with van der Waals surface area (Å²) in [5.74, 6) is -1.59. The molecule has 1 heterocycles. The van der Waals surface area contributed by atoms with Crippen molar-refractivity contribution in [2.24, 2.45) is 5.92 Å². The molecule has 7 nitrogen and oxygen atoms in total. The molecule has 0 bridgehead atoms. The number of nitriles is 1. The molecule has 0 aromatic carbocycles.